The smallest absolute Gasteiger partial charge is 0.421 e. The van der Waals surface area contributed by atoms with Crippen LogP contribution < -0.4 is 4.72 Å². The van der Waals surface area contributed by atoms with Crippen LogP contribution >= 0.6 is 15.9 Å². The number of ether oxygens (including phenoxy) is 2. The molecule has 1 atom stereocenters. The molecule has 0 bridgehead atoms. The van der Waals surface area contributed by atoms with Crippen molar-refractivity contribution in [2.45, 2.75) is 13.0 Å². The quantitative estimate of drug-likeness (QED) is 0.737. The van der Waals surface area contributed by atoms with E-state index in [-0.39, 0.29) is 19.2 Å². The molecule has 1 N–H and O–H groups in total. The maximum absolute atomic E-state index is 11.9. The zero-order valence-electron chi connectivity index (χ0n) is 9.39. The lowest BCUT2D eigenvalue weighted by molar-refractivity contribution is 0.0406. The summed E-state index contributed by atoms with van der Waals surface area (Å²) in [5, 5.41) is 0.441. The van der Waals surface area contributed by atoms with E-state index in [1.54, 1.807) is 6.92 Å². The first kappa shape index (κ1) is 14.7. The van der Waals surface area contributed by atoms with Crippen molar-refractivity contribution in [1.82, 2.24) is 9.03 Å². The van der Waals surface area contributed by atoms with Gasteiger partial charge in [0.15, 0.2) is 0 Å². The predicted molar refractivity (Wildman–Crippen MR) is 64.2 cm³/mol. The van der Waals surface area contributed by atoms with Crippen LogP contribution in [-0.2, 0) is 19.7 Å². The summed E-state index contributed by atoms with van der Waals surface area (Å²) in [6.45, 7) is 2.54. The van der Waals surface area contributed by atoms with Crippen molar-refractivity contribution in [3.63, 3.8) is 0 Å². The second kappa shape index (κ2) is 6.53. The largest absolute Gasteiger partial charge is 0.449 e. The van der Waals surface area contributed by atoms with Crippen molar-refractivity contribution in [1.29, 1.82) is 0 Å². The van der Waals surface area contributed by atoms with E-state index >= 15 is 0 Å². The molecule has 0 saturated carbocycles. The highest BCUT2D eigenvalue weighted by Gasteiger charge is 2.33. The molecule has 1 amide bonds. The predicted octanol–water partition coefficient (Wildman–Crippen LogP) is 0.0730. The van der Waals surface area contributed by atoms with Gasteiger partial charge in [-0.2, -0.15) is 12.7 Å². The van der Waals surface area contributed by atoms with Gasteiger partial charge < -0.3 is 9.47 Å². The van der Waals surface area contributed by atoms with Crippen LogP contribution in [0.4, 0.5) is 4.79 Å². The van der Waals surface area contributed by atoms with E-state index in [9.17, 15) is 13.2 Å². The molecule has 1 fully saturated rings. The van der Waals surface area contributed by atoms with E-state index in [0.29, 0.717) is 18.5 Å². The van der Waals surface area contributed by atoms with Gasteiger partial charge in [0.25, 0.3) is 0 Å². The average Bonchev–Trinajstić information content (AvgIpc) is 2.28. The molecular formula is C8H15BrN2O5S. The third-order valence-corrected chi connectivity index (χ3v) is 4.42. The molecule has 0 aromatic carbocycles. The second-order valence-electron chi connectivity index (χ2n) is 3.32. The number of rotatable bonds is 4. The number of hydrogen-bond acceptors (Lipinski definition) is 5. The summed E-state index contributed by atoms with van der Waals surface area (Å²) in [6.07, 6.45) is -0.965. The van der Waals surface area contributed by atoms with Gasteiger partial charge in [0, 0.05) is 11.9 Å². The van der Waals surface area contributed by atoms with Gasteiger partial charge in [-0.15, -0.1) is 0 Å². The summed E-state index contributed by atoms with van der Waals surface area (Å²) >= 11 is 3.21. The van der Waals surface area contributed by atoms with Crippen molar-refractivity contribution in [3.05, 3.63) is 0 Å². The van der Waals surface area contributed by atoms with Gasteiger partial charge in [-0.3, -0.25) is 0 Å². The van der Waals surface area contributed by atoms with Gasteiger partial charge in [-0.1, -0.05) is 15.9 Å². The van der Waals surface area contributed by atoms with Crippen molar-refractivity contribution in [2.75, 3.05) is 31.7 Å². The highest BCUT2D eigenvalue weighted by Crippen LogP contribution is 2.13. The normalized spacial score (nSPS) is 22.1. The highest BCUT2D eigenvalue weighted by molar-refractivity contribution is 9.09. The molecular weight excluding hydrogens is 316 g/mol. The van der Waals surface area contributed by atoms with Gasteiger partial charge in [0.2, 0.25) is 0 Å². The van der Waals surface area contributed by atoms with Crippen molar-refractivity contribution in [2.24, 2.45) is 0 Å². The summed E-state index contributed by atoms with van der Waals surface area (Å²) in [4.78, 5) is 11.1. The zero-order valence-corrected chi connectivity index (χ0v) is 11.8. The number of amides is 1. The van der Waals surface area contributed by atoms with Crippen LogP contribution in [0.15, 0.2) is 0 Å². The number of alkyl halides is 1. The Bertz CT molecular complexity index is 361. The highest BCUT2D eigenvalue weighted by atomic mass is 79.9. The molecule has 0 aliphatic carbocycles. The van der Waals surface area contributed by atoms with Crippen molar-refractivity contribution >= 4 is 32.2 Å². The number of carbonyl (C=O) groups is 1. The van der Waals surface area contributed by atoms with E-state index in [1.165, 1.54) is 4.31 Å². The fraction of sp³-hybridized carbons (Fsp3) is 0.875. The molecule has 1 saturated heterocycles. The fourth-order valence-electron chi connectivity index (χ4n) is 1.40. The summed E-state index contributed by atoms with van der Waals surface area (Å²) < 4.78 is 36.5. The Hall–Kier alpha value is -0.380. The first-order valence-corrected chi connectivity index (χ1v) is 7.67. The van der Waals surface area contributed by atoms with Crippen LogP contribution in [0, 0.1) is 0 Å². The standard InChI is InChI=1S/C8H15BrN2O5S/c1-2-16-8(12)10-17(13,14)11-3-4-15-6-7(11)5-9/h7H,2-6H2,1H3,(H,10,12). The molecule has 0 spiro atoms. The second-order valence-corrected chi connectivity index (χ2v) is 5.59. The summed E-state index contributed by atoms with van der Waals surface area (Å²) in [5.74, 6) is 0. The van der Waals surface area contributed by atoms with Crippen LogP contribution in [0.2, 0.25) is 0 Å². The SMILES string of the molecule is CCOC(=O)NS(=O)(=O)N1CCOCC1CBr. The van der Waals surface area contributed by atoms with Crippen LogP contribution in [0.25, 0.3) is 0 Å². The first-order valence-electron chi connectivity index (χ1n) is 5.11. The van der Waals surface area contributed by atoms with Crippen LogP contribution in [0.5, 0.6) is 0 Å². The minimum absolute atomic E-state index is 0.117. The monoisotopic (exact) mass is 330 g/mol. The molecule has 9 heteroatoms. The Morgan fingerprint density at radius 2 is 2.35 bits per heavy atom. The molecule has 17 heavy (non-hydrogen) atoms. The molecule has 0 aromatic rings. The third kappa shape index (κ3) is 4.09. The Kier molecular flexibility index (Phi) is 5.63. The van der Waals surface area contributed by atoms with Gasteiger partial charge >= 0.3 is 16.3 Å². The zero-order chi connectivity index (χ0) is 12.9. The summed E-state index contributed by atoms with van der Waals surface area (Å²) in [5.41, 5.74) is 0. The van der Waals surface area contributed by atoms with E-state index in [2.05, 4.69) is 20.7 Å². The van der Waals surface area contributed by atoms with E-state index in [0.717, 1.165) is 0 Å². The number of hydrogen-bond donors (Lipinski definition) is 1. The third-order valence-electron chi connectivity index (χ3n) is 2.15. The number of nitrogens with one attached hydrogen (secondary N) is 1. The summed E-state index contributed by atoms with van der Waals surface area (Å²) in [6, 6.07) is -0.323. The number of nitrogens with zero attached hydrogens (tertiary/aromatic N) is 1. The molecule has 1 aliphatic rings. The van der Waals surface area contributed by atoms with Crippen molar-refractivity contribution in [3.8, 4) is 0 Å². The molecule has 1 unspecified atom stereocenters. The molecule has 100 valence electrons. The molecule has 1 rings (SSSR count). The molecule has 7 nitrogen and oxygen atoms in total. The maximum atomic E-state index is 11.9. The Morgan fingerprint density at radius 1 is 1.65 bits per heavy atom. The van der Waals surface area contributed by atoms with Gasteiger partial charge in [0.05, 0.1) is 25.9 Å². The van der Waals surface area contributed by atoms with Crippen LogP contribution in [-0.4, -0.2) is 56.6 Å². The van der Waals surface area contributed by atoms with Crippen molar-refractivity contribution < 1.29 is 22.7 Å². The Balaban J connectivity index is 2.70. The molecule has 0 radical (unpaired) electrons. The first-order chi connectivity index (χ1) is 8.01. The minimum atomic E-state index is -3.87. The van der Waals surface area contributed by atoms with Gasteiger partial charge in [-0.25, -0.2) is 9.52 Å². The number of carbonyl (C=O) groups excluding carboxylic acids is 1. The van der Waals surface area contributed by atoms with E-state index in [4.69, 9.17) is 4.74 Å². The number of halogens is 1. The Labute approximate surface area is 109 Å². The average molecular weight is 331 g/mol. The number of morpholine rings is 1. The van der Waals surface area contributed by atoms with E-state index in [1.807, 2.05) is 4.72 Å². The molecule has 1 heterocycles. The molecule has 0 aromatic heterocycles. The van der Waals surface area contributed by atoms with Crippen LogP contribution in [0.3, 0.4) is 0 Å². The lowest BCUT2D eigenvalue weighted by atomic mass is 10.3. The fourth-order valence-corrected chi connectivity index (χ4v) is 3.36. The Morgan fingerprint density at radius 3 is 2.94 bits per heavy atom. The van der Waals surface area contributed by atoms with Gasteiger partial charge in [-0.05, 0) is 6.92 Å². The topological polar surface area (TPSA) is 84.9 Å². The lowest BCUT2D eigenvalue weighted by Gasteiger charge is -2.32. The van der Waals surface area contributed by atoms with E-state index < -0.39 is 16.3 Å². The minimum Gasteiger partial charge on any atom is -0.449 e. The lowest BCUT2D eigenvalue weighted by Crippen LogP contribution is -2.54. The molecule has 1 aliphatic heterocycles. The summed E-state index contributed by atoms with van der Waals surface area (Å²) in [7, 11) is -3.87. The van der Waals surface area contributed by atoms with Crippen LogP contribution in [0.1, 0.15) is 6.92 Å². The van der Waals surface area contributed by atoms with Gasteiger partial charge in [0.1, 0.15) is 0 Å². The maximum Gasteiger partial charge on any atom is 0.421 e.